The largest absolute Gasteiger partial charge is 0.364 e. The number of aromatic nitrogens is 5. The lowest BCUT2D eigenvalue weighted by molar-refractivity contribution is -0.383. The van der Waals surface area contributed by atoms with Gasteiger partial charge in [-0.3, -0.25) is 10.1 Å². The van der Waals surface area contributed by atoms with Crippen molar-refractivity contribution in [3.8, 4) is 11.4 Å². The van der Waals surface area contributed by atoms with Gasteiger partial charge >= 0.3 is 5.69 Å². The van der Waals surface area contributed by atoms with E-state index in [0.29, 0.717) is 16.8 Å². The molecule has 0 aromatic carbocycles. The zero-order valence-corrected chi connectivity index (χ0v) is 12.5. The van der Waals surface area contributed by atoms with Crippen LogP contribution in [0, 0.1) is 10.1 Å². The smallest absolute Gasteiger partial charge is 0.339 e. The molecule has 2 rings (SSSR count). The molecule has 106 valence electrons. The fourth-order valence-electron chi connectivity index (χ4n) is 1.68. The van der Waals surface area contributed by atoms with Crippen LogP contribution in [-0.2, 0) is 7.05 Å². The zero-order valence-electron chi connectivity index (χ0n) is 10.9. The van der Waals surface area contributed by atoms with E-state index in [-0.39, 0.29) is 17.2 Å². The quantitative estimate of drug-likeness (QED) is 0.651. The van der Waals surface area contributed by atoms with Gasteiger partial charge < -0.3 is 5.32 Å². The highest BCUT2D eigenvalue weighted by molar-refractivity contribution is 9.10. The van der Waals surface area contributed by atoms with Crippen molar-refractivity contribution in [2.75, 3.05) is 11.9 Å². The van der Waals surface area contributed by atoms with E-state index in [2.05, 4.69) is 41.5 Å². The molecule has 10 heteroatoms. The first-order valence-electron chi connectivity index (χ1n) is 5.85. The number of aryl methyl sites for hydroxylation is 1. The molecule has 0 radical (unpaired) electrons. The summed E-state index contributed by atoms with van der Waals surface area (Å²) in [4.78, 5) is 18.8. The van der Waals surface area contributed by atoms with Crippen molar-refractivity contribution in [3.05, 3.63) is 21.0 Å². The van der Waals surface area contributed by atoms with Gasteiger partial charge in [0.2, 0.25) is 5.82 Å². The van der Waals surface area contributed by atoms with Crippen molar-refractivity contribution < 1.29 is 4.92 Å². The number of hydrogen-bond acceptors (Lipinski definition) is 7. The van der Waals surface area contributed by atoms with E-state index in [1.165, 1.54) is 11.0 Å². The normalized spacial score (nSPS) is 10.6. The van der Waals surface area contributed by atoms with E-state index in [4.69, 9.17) is 0 Å². The molecule has 0 atom stereocenters. The Hall–Kier alpha value is -2.10. The molecular formula is C10H12BrN7O2. The van der Waals surface area contributed by atoms with Gasteiger partial charge in [0.1, 0.15) is 12.0 Å². The Balaban J connectivity index is 2.61. The summed E-state index contributed by atoms with van der Waals surface area (Å²) in [6, 6.07) is 0. The third-order valence-electron chi connectivity index (χ3n) is 2.56. The second-order valence-corrected chi connectivity index (χ2v) is 4.71. The third-order valence-corrected chi connectivity index (χ3v) is 3.09. The molecule has 0 aliphatic heterocycles. The van der Waals surface area contributed by atoms with Gasteiger partial charge in [0.15, 0.2) is 10.3 Å². The Bertz CT molecular complexity index is 623. The number of hydrogen-bond donors (Lipinski definition) is 1. The van der Waals surface area contributed by atoms with E-state index >= 15 is 0 Å². The van der Waals surface area contributed by atoms with Gasteiger partial charge in [0.25, 0.3) is 0 Å². The summed E-state index contributed by atoms with van der Waals surface area (Å²) in [5.74, 6) is 0.190. The molecule has 0 fully saturated rings. The lowest BCUT2D eigenvalue weighted by atomic mass is 10.2. The van der Waals surface area contributed by atoms with Crippen molar-refractivity contribution in [1.29, 1.82) is 0 Å². The van der Waals surface area contributed by atoms with E-state index in [0.717, 1.165) is 6.42 Å². The molecule has 9 nitrogen and oxygen atoms in total. The highest BCUT2D eigenvalue weighted by Gasteiger charge is 2.27. The van der Waals surface area contributed by atoms with Crippen LogP contribution in [-0.4, -0.2) is 36.4 Å². The Morgan fingerprint density at radius 1 is 1.50 bits per heavy atom. The second kappa shape index (κ2) is 5.90. The number of nitrogens with one attached hydrogen (secondary N) is 1. The van der Waals surface area contributed by atoms with E-state index in [1.807, 2.05) is 6.92 Å². The van der Waals surface area contributed by atoms with Crippen LogP contribution in [0.4, 0.5) is 11.5 Å². The SMILES string of the molecule is CCCNc1ncnc(-c2c(Br)nnn2C)c1[N+](=O)[O-]. The molecule has 0 unspecified atom stereocenters. The summed E-state index contributed by atoms with van der Waals surface area (Å²) in [7, 11) is 1.64. The number of nitrogens with zero attached hydrogens (tertiary/aromatic N) is 6. The standard InChI is InChI=1S/C10H12BrN7O2/c1-3-4-12-10-8(18(19)20)6(13-5-14-10)7-9(11)15-16-17(7)2/h5H,3-4H2,1-2H3,(H,12,13,14). The highest BCUT2D eigenvalue weighted by Crippen LogP contribution is 2.35. The van der Waals surface area contributed by atoms with E-state index in [9.17, 15) is 10.1 Å². The fraction of sp³-hybridized carbons (Fsp3) is 0.400. The highest BCUT2D eigenvalue weighted by atomic mass is 79.9. The molecule has 1 N–H and O–H groups in total. The molecule has 0 aliphatic carbocycles. The molecule has 0 saturated heterocycles. The number of halogens is 1. The molecule has 20 heavy (non-hydrogen) atoms. The Kier molecular flexibility index (Phi) is 4.23. The third kappa shape index (κ3) is 2.59. The van der Waals surface area contributed by atoms with E-state index in [1.54, 1.807) is 7.05 Å². The van der Waals surface area contributed by atoms with Gasteiger partial charge in [-0.2, -0.15) is 0 Å². The maximum Gasteiger partial charge on any atom is 0.339 e. The maximum absolute atomic E-state index is 11.3. The van der Waals surface area contributed by atoms with E-state index < -0.39 is 4.92 Å². The van der Waals surface area contributed by atoms with Crippen molar-refractivity contribution >= 4 is 27.4 Å². The fourth-order valence-corrected chi connectivity index (χ4v) is 2.20. The monoisotopic (exact) mass is 341 g/mol. The molecule has 2 aromatic heterocycles. The summed E-state index contributed by atoms with van der Waals surface area (Å²) >= 11 is 3.22. The lowest BCUT2D eigenvalue weighted by Gasteiger charge is -2.07. The Morgan fingerprint density at radius 2 is 2.25 bits per heavy atom. The van der Waals surface area contributed by atoms with Crippen LogP contribution in [0.15, 0.2) is 10.9 Å². The van der Waals surface area contributed by atoms with Crippen LogP contribution < -0.4 is 5.32 Å². The minimum absolute atomic E-state index is 0.169. The van der Waals surface area contributed by atoms with Gasteiger partial charge in [0, 0.05) is 13.6 Å². The van der Waals surface area contributed by atoms with Gasteiger partial charge in [-0.1, -0.05) is 12.1 Å². The minimum atomic E-state index is -0.507. The summed E-state index contributed by atoms with van der Waals surface area (Å²) in [6.45, 7) is 2.55. The van der Waals surface area contributed by atoms with Crippen LogP contribution in [0.1, 0.15) is 13.3 Å². The van der Waals surface area contributed by atoms with Crippen molar-refractivity contribution in [2.24, 2.45) is 7.05 Å². The van der Waals surface area contributed by atoms with Crippen LogP contribution in [0.2, 0.25) is 0 Å². The Labute approximate surface area is 122 Å². The first kappa shape index (κ1) is 14.3. The van der Waals surface area contributed by atoms with Crippen LogP contribution in [0.25, 0.3) is 11.4 Å². The van der Waals surface area contributed by atoms with Crippen LogP contribution >= 0.6 is 15.9 Å². The minimum Gasteiger partial charge on any atom is -0.364 e. The van der Waals surface area contributed by atoms with Gasteiger partial charge in [-0.05, 0) is 22.4 Å². The van der Waals surface area contributed by atoms with Crippen LogP contribution in [0.5, 0.6) is 0 Å². The summed E-state index contributed by atoms with van der Waals surface area (Å²) in [5.41, 5.74) is 0.411. The molecular weight excluding hydrogens is 330 g/mol. The second-order valence-electron chi connectivity index (χ2n) is 3.96. The first-order valence-corrected chi connectivity index (χ1v) is 6.64. The lowest BCUT2D eigenvalue weighted by Crippen LogP contribution is -2.08. The summed E-state index contributed by atoms with van der Waals surface area (Å²) < 4.78 is 1.81. The maximum atomic E-state index is 11.3. The molecule has 0 amide bonds. The van der Waals surface area contributed by atoms with Gasteiger partial charge in [0.05, 0.1) is 4.92 Å². The summed E-state index contributed by atoms with van der Waals surface area (Å²) in [6.07, 6.45) is 2.10. The predicted octanol–water partition coefficient (Wildman–Crippen LogP) is 1.76. The zero-order chi connectivity index (χ0) is 14.7. The topological polar surface area (TPSA) is 112 Å². The number of anilines is 1. The number of nitro groups is 1. The predicted molar refractivity (Wildman–Crippen MR) is 75.2 cm³/mol. The van der Waals surface area contributed by atoms with Crippen molar-refractivity contribution in [2.45, 2.75) is 13.3 Å². The molecule has 0 saturated carbocycles. The molecule has 0 aliphatic rings. The average Bonchev–Trinajstić information content (AvgIpc) is 2.75. The number of rotatable bonds is 5. The van der Waals surface area contributed by atoms with Gasteiger partial charge in [-0.15, -0.1) is 5.10 Å². The first-order chi connectivity index (χ1) is 9.56. The average molecular weight is 342 g/mol. The van der Waals surface area contributed by atoms with Crippen molar-refractivity contribution in [3.63, 3.8) is 0 Å². The van der Waals surface area contributed by atoms with Gasteiger partial charge in [-0.25, -0.2) is 14.6 Å². The van der Waals surface area contributed by atoms with Crippen molar-refractivity contribution in [1.82, 2.24) is 25.0 Å². The molecule has 2 heterocycles. The molecule has 0 spiro atoms. The molecule has 2 aromatic rings. The van der Waals surface area contributed by atoms with Crippen LogP contribution in [0.3, 0.4) is 0 Å². The Morgan fingerprint density at radius 3 is 2.80 bits per heavy atom. The molecule has 0 bridgehead atoms. The summed E-state index contributed by atoms with van der Waals surface area (Å²) in [5, 5.41) is 21.9.